The molecule has 1 N–H and O–H groups in total. The molecule has 0 aliphatic carbocycles. The summed E-state index contributed by atoms with van der Waals surface area (Å²) in [6, 6.07) is 10.3. The molecule has 2 aromatic carbocycles. The van der Waals surface area contributed by atoms with Crippen molar-refractivity contribution >= 4 is 23.3 Å². The van der Waals surface area contributed by atoms with Crippen LogP contribution in [0.2, 0.25) is 0 Å². The molecule has 130 valence electrons. The number of amides is 3. The summed E-state index contributed by atoms with van der Waals surface area (Å²) in [5, 5.41) is 2.15. The van der Waals surface area contributed by atoms with Crippen LogP contribution in [-0.2, 0) is 4.79 Å². The van der Waals surface area contributed by atoms with Gasteiger partial charge in [0.25, 0.3) is 0 Å². The molecule has 1 aliphatic rings. The van der Waals surface area contributed by atoms with Crippen molar-refractivity contribution in [2.75, 3.05) is 29.9 Å². The van der Waals surface area contributed by atoms with Gasteiger partial charge in [-0.15, -0.1) is 0 Å². The third kappa shape index (κ3) is 3.42. The summed E-state index contributed by atoms with van der Waals surface area (Å²) < 4.78 is 39.6. The van der Waals surface area contributed by atoms with Crippen LogP contribution in [0.15, 0.2) is 42.5 Å². The molecule has 0 aromatic heterocycles. The van der Waals surface area contributed by atoms with Crippen LogP contribution >= 0.6 is 0 Å². The number of rotatable bonds is 4. The summed E-state index contributed by atoms with van der Waals surface area (Å²) in [5.41, 5.74) is 0.234. The van der Waals surface area contributed by atoms with Crippen LogP contribution in [0.4, 0.5) is 29.3 Å². The third-order valence-electron chi connectivity index (χ3n) is 3.81. The Hall–Kier alpha value is -3.03. The van der Waals surface area contributed by atoms with Crippen molar-refractivity contribution in [2.24, 2.45) is 0 Å². The van der Waals surface area contributed by atoms with Gasteiger partial charge in [0, 0.05) is 18.8 Å². The minimum absolute atomic E-state index is 0.319. The summed E-state index contributed by atoms with van der Waals surface area (Å²) >= 11 is 0. The first-order chi connectivity index (χ1) is 12.0. The van der Waals surface area contributed by atoms with Crippen LogP contribution in [-0.4, -0.2) is 36.5 Å². The summed E-state index contributed by atoms with van der Waals surface area (Å²) in [4.78, 5) is 27.2. The molecule has 1 saturated heterocycles. The monoisotopic (exact) mass is 349 g/mol. The number of carbonyl (C=O) groups is 2. The second-order valence-electron chi connectivity index (χ2n) is 5.46. The molecule has 3 amide bonds. The van der Waals surface area contributed by atoms with Crippen LogP contribution in [0.25, 0.3) is 0 Å². The fourth-order valence-electron chi connectivity index (χ4n) is 2.56. The molecule has 1 aliphatic heterocycles. The Kier molecular flexibility index (Phi) is 4.60. The van der Waals surface area contributed by atoms with Gasteiger partial charge in [-0.05, 0) is 24.3 Å². The zero-order valence-electron chi connectivity index (χ0n) is 13.0. The molecular weight excluding hydrogens is 335 g/mol. The van der Waals surface area contributed by atoms with Gasteiger partial charge in [-0.1, -0.05) is 18.2 Å². The lowest BCUT2D eigenvalue weighted by atomic mass is 10.2. The second-order valence-corrected chi connectivity index (χ2v) is 5.46. The Balaban J connectivity index is 1.64. The normalized spacial score (nSPS) is 14.1. The largest absolute Gasteiger partial charge is 0.325 e. The maximum Gasteiger partial charge on any atom is 0.325 e. The fourth-order valence-corrected chi connectivity index (χ4v) is 2.56. The Labute approximate surface area is 141 Å². The number of anilines is 2. The maximum atomic E-state index is 13.6. The van der Waals surface area contributed by atoms with Crippen LogP contribution in [0.1, 0.15) is 0 Å². The highest BCUT2D eigenvalue weighted by Gasteiger charge is 2.31. The van der Waals surface area contributed by atoms with E-state index >= 15 is 0 Å². The van der Waals surface area contributed by atoms with Crippen LogP contribution in [0.3, 0.4) is 0 Å². The minimum atomic E-state index is -1.66. The standard InChI is InChI=1S/C17H14F3N3O2/c18-12-6-7-13(16(20)15(12)19)21-14(24)10-22-8-9-23(17(22)25)11-4-2-1-3-5-11/h1-7H,8-10H2,(H,21,24). The Morgan fingerprint density at radius 2 is 1.72 bits per heavy atom. The number of nitrogens with one attached hydrogen (secondary N) is 1. The van der Waals surface area contributed by atoms with E-state index in [-0.39, 0.29) is 12.6 Å². The molecule has 2 aromatic rings. The van der Waals surface area contributed by atoms with E-state index in [2.05, 4.69) is 5.32 Å². The van der Waals surface area contributed by atoms with Crippen molar-refractivity contribution in [3.8, 4) is 0 Å². The Bertz CT molecular complexity index is 814. The number of nitrogens with zero attached hydrogens (tertiary/aromatic N) is 2. The molecule has 8 heteroatoms. The van der Waals surface area contributed by atoms with Crippen LogP contribution in [0.5, 0.6) is 0 Å². The van der Waals surface area contributed by atoms with Gasteiger partial charge < -0.3 is 10.2 Å². The number of urea groups is 1. The lowest BCUT2D eigenvalue weighted by Gasteiger charge is -2.18. The molecule has 0 unspecified atom stereocenters. The molecule has 0 bridgehead atoms. The van der Waals surface area contributed by atoms with Crippen LogP contribution < -0.4 is 10.2 Å². The number of hydrogen-bond acceptors (Lipinski definition) is 2. The smallest absolute Gasteiger partial charge is 0.322 e. The SMILES string of the molecule is O=C(CN1CCN(c2ccccc2)C1=O)Nc1ccc(F)c(F)c1F. The van der Waals surface area contributed by atoms with Crippen molar-refractivity contribution in [1.82, 2.24) is 4.90 Å². The maximum absolute atomic E-state index is 13.6. The van der Waals surface area contributed by atoms with Gasteiger partial charge in [0.1, 0.15) is 6.54 Å². The van der Waals surface area contributed by atoms with E-state index in [1.54, 1.807) is 24.3 Å². The lowest BCUT2D eigenvalue weighted by molar-refractivity contribution is -0.116. The zero-order valence-corrected chi connectivity index (χ0v) is 13.0. The van der Waals surface area contributed by atoms with Crippen molar-refractivity contribution in [2.45, 2.75) is 0 Å². The first-order valence-electron chi connectivity index (χ1n) is 7.52. The van der Waals surface area contributed by atoms with Crippen molar-refractivity contribution in [3.05, 3.63) is 59.9 Å². The topological polar surface area (TPSA) is 52.7 Å². The number of benzene rings is 2. The minimum Gasteiger partial charge on any atom is -0.322 e. The summed E-state index contributed by atoms with van der Waals surface area (Å²) in [6.07, 6.45) is 0. The van der Waals surface area contributed by atoms with E-state index in [0.29, 0.717) is 24.8 Å². The second kappa shape index (κ2) is 6.84. The molecule has 0 spiro atoms. The molecule has 1 heterocycles. The van der Waals surface area contributed by atoms with E-state index in [0.717, 1.165) is 6.07 Å². The van der Waals surface area contributed by atoms with Gasteiger partial charge in [0.2, 0.25) is 5.91 Å². The summed E-state index contributed by atoms with van der Waals surface area (Å²) in [5.74, 6) is -5.19. The number of carbonyl (C=O) groups excluding carboxylic acids is 2. The predicted octanol–water partition coefficient (Wildman–Crippen LogP) is 2.98. The fraction of sp³-hybridized carbons (Fsp3) is 0.176. The first kappa shape index (κ1) is 16.8. The van der Waals surface area contributed by atoms with Gasteiger partial charge in [0.05, 0.1) is 5.69 Å². The van der Waals surface area contributed by atoms with Gasteiger partial charge >= 0.3 is 6.03 Å². The third-order valence-corrected chi connectivity index (χ3v) is 3.81. The van der Waals surface area contributed by atoms with Gasteiger partial charge in [-0.25, -0.2) is 18.0 Å². The van der Waals surface area contributed by atoms with Gasteiger partial charge in [0.15, 0.2) is 17.5 Å². The van der Waals surface area contributed by atoms with E-state index in [4.69, 9.17) is 0 Å². The lowest BCUT2D eigenvalue weighted by Crippen LogP contribution is -2.37. The molecule has 0 saturated carbocycles. The summed E-state index contributed by atoms with van der Waals surface area (Å²) in [7, 11) is 0. The number of halogens is 3. The molecule has 0 radical (unpaired) electrons. The Morgan fingerprint density at radius 1 is 1.00 bits per heavy atom. The van der Waals surface area contributed by atoms with Crippen molar-refractivity contribution in [1.29, 1.82) is 0 Å². The average Bonchev–Trinajstić information content (AvgIpc) is 2.97. The molecule has 0 atom stereocenters. The van der Waals surface area contributed by atoms with E-state index < -0.39 is 29.0 Å². The van der Waals surface area contributed by atoms with Gasteiger partial charge in [-0.3, -0.25) is 9.69 Å². The van der Waals surface area contributed by atoms with E-state index in [1.165, 1.54) is 9.80 Å². The van der Waals surface area contributed by atoms with Gasteiger partial charge in [-0.2, -0.15) is 0 Å². The van der Waals surface area contributed by atoms with E-state index in [1.807, 2.05) is 6.07 Å². The average molecular weight is 349 g/mol. The highest BCUT2D eigenvalue weighted by Crippen LogP contribution is 2.21. The Morgan fingerprint density at radius 3 is 2.44 bits per heavy atom. The van der Waals surface area contributed by atoms with Crippen molar-refractivity contribution in [3.63, 3.8) is 0 Å². The molecule has 5 nitrogen and oxygen atoms in total. The van der Waals surface area contributed by atoms with Crippen molar-refractivity contribution < 1.29 is 22.8 Å². The van der Waals surface area contributed by atoms with E-state index in [9.17, 15) is 22.8 Å². The van der Waals surface area contributed by atoms with Crippen LogP contribution in [0, 0.1) is 17.5 Å². The quantitative estimate of drug-likeness (QED) is 0.863. The molecule has 3 rings (SSSR count). The molecule has 1 fully saturated rings. The first-order valence-corrected chi connectivity index (χ1v) is 7.52. The molecule has 25 heavy (non-hydrogen) atoms. The number of hydrogen-bond donors (Lipinski definition) is 1. The number of para-hydroxylation sites is 1. The summed E-state index contributed by atoms with van der Waals surface area (Å²) in [6.45, 7) is 0.414. The zero-order chi connectivity index (χ0) is 18.0. The highest BCUT2D eigenvalue weighted by molar-refractivity contribution is 5.99. The predicted molar refractivity (Wildman–Crippen MR) is 85.7 cm³/mol. The highest BCUT2D eigenvalue weighted by atomic mass is 19.2. The molecular formula is C17H14F3N3O2.